The van der Waals surface area contributed by atoms with Crippen molar-refractivity contribution in [2.45, 2.75) is 0 Å². The largest absolute Gasteiger partial charge is 0.452 e. The molecule has 0 amide bonds. The fourth-order valence-electron chi connectivity index (χ4n) is 10.3. The summed E-state index contributed by atoms with van der Waals surface area (Å²) in [4.78, 5) is 9.59. The van der Waals surface area contributed by atoms with Crippen molar-refractivity contribution in [2.24, 2.45) is 0 Å². The zero-order valence-electron chi connectivity index (χ0n) is 34.4. The van der Waals surface area contributed by atoms with Crippen molar-refractivity contribution in [1.29, 1.82) is 0 Å². The maximum absolute atomic E-state index is 6.59. The van der Waals surface area contributed by atoms with Crippen LogP contribution in [0.4, 0.5) is 0 Å². The van der Waals surface area contributed by atoms with Gasteiger partial charge >= 0.3 is 0 Å². The Morgan fingerprint density at radius 3 is 1.47 bits per heavy atom. The summed E-state index contributed by atoms with van der Waals surface area (Å²) in [5, 5.41) is 8.32. The molecule has 14 aromatic rings. The number of benzene rings is 9. The third-order valence-corrected chi connectivity index (χ3v) is 13.2. The van der Waals surface area contributed by atoms with Gasteiger partial charge < -0.3 is 18.1 Å². The Bertz CT molecular complexity index is 4130. The Kier molecular flexibility index (Phi) is 7.30. The van der Waals surface area contributed by atoms with E-state index in [0.717, 1.165) is 66.9 Å². The van der Waals surface area contributed by atoms with Crippen molar-refractivity contribution in [3.8, 4) is 39.4 Å². The average Bonchev–Trinajstić information content (AvgIpc) is 4.10. The number of furan rings is 1. The highest BCUT2D eigenvalue weighted by Crippen LogP contribution is 2.40. The molecule has 64 heavy (non-hydrogen) atoms. The first-order valence-corrected chi connectivity index (χ1v) is 21.6. The first-order chi connectivity index (χ1) is 31.7. The molecule has 0 fully saturated rings. The molecule has 0 aliphatic carbocycles. The molecule has 9 aromatic carbocycles. The number of fused-ring (bicyclic) bond motifs is 12. The summed E-state index contributed by atoms with van der Waals surface area (Å²) >= 11 is 0. The van der Waals surface area contributed by atoms with E-state index in [0.29, 0.717) is 5.58 Å². The summed E-state index contributed by atoms with van der Waals surface area (Å²) in [6.07, 6.45) is 1.65. The van der Waals surface area contributed by atoms with Gasteiger partial charge in [0.25, 0.3) is 0 Å². The van der Waals surface area contributed by atoms with E-state index in [1.807, 2.05) is 0 Å². The summed E-state index contributed by atoms with van der Waals surface area (Å²) in [6, 6.07) is 74.0. The minimum absolute atomic E-state index is 0.676. The molecule has 298 valence electrons. The van der Waals surface area contributed by atoms with E-state index in [1.165, 1.54) is 54.5 Å². The van der Waals surface area contributed by atoms with Crippen molar-refractivity contribution >= 4 is 87.5 Å². The van der Waals surface area contributed by atoms with Crippen LogP contribution in [0.2, 0.25) is 0 Å². The Labute approximate surface area is 366 Å². The Balaban J connectivity index is 0.873. The maximum atomic E-state index is 6.59. The van der Waals surface area contributed by atoms with Crippen molar-refractivity contribution in [3.63, 3.8) is 0 Å². The van der Waals surface area contributed by atoms with Gasteiger partial charge in [0.15, 0.2) is 5.58 Å². The van der Waals surface area contributed by atoms with Gasteiger partial charge in [-0.1, -0.05) is 121 Å². The van der Waals surface area contributed by atoms with E-state index in [1.54, 1.807) is 6.33 Å². The van der Waals surface area contributed by atoms with E-state index >= 15 is 0 Å². The number of hydrogen-bond acceptors (Lipinski definition) is 3. The first-order valence-electron chi connectivity index (χ1n) is 21.6. The monoisotopic (exact) mass is 817 g/mol. The van der Waals surface area contributed by atoms with Gasteiger partial charge in [-0.05, 0) is 96.1 Å². The third kappa shape index (κ3) is 5.02. The second-order valence-corrected chi connectivity index (χ2v) is 16.6. The lowest BCUT2D eigenvalue weighted by atomic mass is 10.0. The lowest BCUT2D eigenvalue weighted by molar-refractivity contribution is 0.667. The van der Waals surface area contributed by atoms with Gasteiger partial charge in [-0.15, -0.1) is 0 Å². The van der Waals surface area contributed by atoms with Crippen molar-refractivity contribution < 1.29 is 4.42 Å². The minimum Gasteiger partial charge on any atom is -0.452 e. The van der Waals surface area contributed by atoms with Crippen molar-refractivity contribution in [2.75, 3.05) is 0 Å². The summed E-state index contributed by atoms with van der Waals surface area (Å²) in [5.74, 6) is 0. The van der Waals surface area contributed by atoms with Gasteiger partial charge in [0.05, 0.1) is 33.1 Å². The summed E-state index contributed by atoms with van der Waals surface area (Å²) in [6.45, 7) is 0. The number of aromatic nitrogens is 5. The summed E-state index contributed by atoms with van der Waals surface area (Å²) in [5.41, 5.74) is 16.6. The van der Waals surface area contributed by atoms with Crippen LogP contribution in [-0.4, -0.2) is 23.7 Å². The number of hydrogen-bond donors (Lipinski definition) is 0. The second-order valence-electron chi connectivity index (χ2n) is 16.6. The highest BCUT2D eigenvalue weighted by atomic mass is 16.3. The smallest absolute Gasteiger partial charge is 0.180 e. The lowest BCUT2D eigenvalue weighted by Crippen LogP contribution is -1.95. The molecule has 0 N–H and O–H groups in total. The Hall–Kier alpha value is -8.74. The molecule has 0 unspecified atom stereocenters. The lowest BCUT2D eigenvalue weighted by Gasteiger charge is -2.11. The molecule has 5 heterocycles. The number of rotatable bonds is 5. The van der Waals surface area contributed by atoms with E-state index in [-0.39, 0.29) is 0 Å². The predicted octanol–water partition coefficient (Wildman–Crippen LogP) is 15.0. The van der Waals surface area contributed by atoms with Crippen LogP contribution in [-0.2, 0) is 0 Å². The molecule has 0 atom stereocenters. The van der Waals surface area contributed by atoms with Gasteiger partial charge in [-0.2, -0.15) is 0 Å². The molecule has 0 bridgehead atoms. The number of nitrogens with zero attached hydrogens (tertiary/aromatic N) is 5. The molecule has 0 saturated carbocycles. The van der Waals surface area contributed by atoms with Crippen LogP contribution < -0.4 is 0 Å². The Morgan fingerprint density at radius 2 is 0.797 bits per heavy atom. The Morgan fingerprint density at radius 1 is 0.312 bits per heavy atom. The van der Waals surface area contributed by atoms with Gasteiger partial charge in [0.1, 0.15) is 23.1 Å². The van der Waals surface area contributed by atoms with Crippen LogP contribution in [0.5, 0.6) is 0 Å². The van der Waals surface area contributed by atoms with Gasteiger partial charge in [-0.3, -0.25) is 0 Å². The molecule has 0 saturated heterocycles. The fourth-order valence-corrected chi connectivity index (χ4v) is 10.3. The third-order valence-electron chi connectivity index (χ3n) is 13.2. The van der Waals surface area contributed by atoms with Crippen LogP contribution in [0.25, 0.3) is 127 Å². The molecule has 6 heteroatoms. The van der Waals surface area contributed by atoms with E-state index in [4.69, 9.17) is 14.4 Å². The van der Waals surface area contributed by atoms with Crippen molar-refractivity contribution in [1.82, 2.24) is 23.7 Å². The molecule has 0 aliphatic heterocycles. The zero-order valence-corrected chi connectivity index (χ0v) is 34.4. The molecule has 0 radical (unpaired) electrons. The van der Waals surface area contributed by atoms with E-state index < -0.39 is 0 Å². The van der Waals surface area contributed by atoms with E-state index in [2.05, 4.69) is 220 Å². The standard InChI is InChI=1S/C58H35N5O/c1-2-12-39(13-3-1)61-52-21-11-7-17-45(52)47-32-37(25-30-53(47)61)38-24-29-46-44-16-6-8-18-49(44)62(54(46)33-38)40-26-22-36(23-27-40)56-58-57(60-35-59-56)48-34-41(28-31-55(48)64-58)63-50-19-9-4-14-42(50)43-15-5-10-20-51(43)63/h1-35H. The highest BCUT2D eigenvalue weighted by Gasteiger charge is 2.20. The highest BCUT2D eigenvalue weighted by molar-refractivity contribution is 6.13. The first kappa shape index (κ1) is 34.9. The fraction of sp³-hybridized carbons (Fsp3) is 0. The molecule has 0 spiro atoms. The topological polar surface area (TPSA) is 53.7 Å². The van der Waals surface area contributed by atoms with Gasteiger partial charge in [0, 0.05) is 60.3 Å². The van der Waals surface area contributed by atoms with Gasteiger partial charge in [-0.25, -0.2) is 9.97 Å². The minimum atomic E-state index is 0.676. The molecular weight excluding hydrogens is 783 g/mol. The van der Waals surface area contributed by atoms with Crippen LogP contribution in [0, 0.1) is 0 Å². The normalized spacial score (nSPS) is 12.1. The summed E-state index contributed by atoms with van der Waals surface area (Å²) in [7, 11) is 0. The SMILES string of the molecule is c1ccc(-n2c3ccccc3c3cc(-c4ccc5c6ccccc6n(-c6ccc(-c7ncnc8c7oc7ccc(-n9c%10ccccc%10c%10ccccc%109)cc78)cc6)c5c4)ccc32)cc1. The predicted molar refractivity (Wildman–Crippen MR) is 263 cm³/mol. The molecule has 5 aromatic heterocycles. The zero-order chi connectivity index (χ0) is 41.9. The van der Waals surface area contributed by atoms with Crippen molar-refractivity contribution in [3.05, 3.63) is 213 Å². The molecule has 0 aliphatic rings. The van der Waals surface area contributed by atoms with Crippen LogP contribution >= 0.6 is 0 Å². The van der Waals surface area contributed by atoms with Gasteiger partial charge in [0.2, 0.25) is 0 Å². The number of para-hydroxylation sites is 5. The van der Waals surface area contributed by atoms with Crippen LogP contribution in [0.15, 0.2) is 217 Å². The molecular formula is C58H35N5O. The maximum Gasteiger partial charge on any atom is 0.180 e. The van der Waals surface area contributed by atoms with E-state index in [9.17, 15) is 0 Å². The quantitative estimate of drug-likeness (QED) is 0.174. The molecule has 6 nitrogen and oxygen atoms in total. The second kappa shape index (κ2) is 13.4. The summed E-state index contributed by atoms with van der Waals surface area (Å²) < 4.78 is 13.7. The van der Waals surface area contributed by atoms with Crippen LogP contribution in [0.3, 0.4) is 0 Å². The average molecular weight is 818 g/mol. The van der Waals surface area contributed by atoms with Crippen LogP contribution in [0.1, 0.15) is 0 Å². The molecule has 14 rings (SSSR count).